The van der Waals surface area contributed by atoms with Gasteiger partial charge in [0.2, 0.25) is 5.91 Å². The summed E-state index contributed by atoms with van der Waals surface area (Å²) in [4.78, 5) is 39.3. The Morgan fingerprint density at radius 3 is 2.58 bits per heavy atom. The van der Waals surface area contributed by atoms with Crippen LogP contribution < -0.4 is 20.1 Å². The van der Waals surface area contributed by atoms with Crippen LogP contribution in [0.2, 0.25) is 0 Å². The molecule has 1 fully saturated rings. The number of rotatable bonds is 7. The maximum Gasteiger partial charge on any atom is 0.325 e. The molecule has 2 aliphatic heterocycles. The third-order valence-electron chi connectivity index (χ3n) is 5.46. The van der Waals surface area contributed by atoms with E-state index in [9.17, 15) is 14.4 Å². The van der Waals surface area contributed by atoms with Crippen LogP contribution in [0.15, 0.2) is 54.6 Å². The van der Waals surface area contributed by atoms with Crippen molar-refractivity contribution in [2.75, 3.05) is 19.7 Å². The molecule has 8 nitrogen and oxygen atoms in total. The van der Waals surface area contributed by atoms with Gasteiger partial charge in [0.05, 0.1) is 6.54 Å². The normalized spacial score (nSPS) is 22.2. The molecule has 162 valence electrons. The van der Waals surface area contributed by atoms with E-state index >= 15 is 0 Å². The first-order chi connectivity index (χ1) is 15.0. The number of para-hydroxylation sites is 2. The minimum absolute atomic E-state index is 0.204. The average molecular weight is 423 g/mol. The molecule has 4 rings (SSSR count). The molecule has 0 aliphatic carbocycles. The standard InChI is InChI=1S/C23H25N3O5/c1-2-12-23(16-8-4-3-5-9-16)21(28)26(22(29)25-23)14-20(27)24-13-17-15-30-18-10-6-7-11-19(18)31-17/h3-11,17H,2,12-15H2,1H3,(H,24,27)(H,25,29)/t17-,23+/m0/s1. The van der Waals surface area contributed by atoms with Crippen molar-refractivity contribution in [1.29, 1.82) is 0 Å². The SMILES string of the molecule is CCC[C@]1(c2ccccc2)NC(=O)N(CC(=O)NC[C@H]2COc3ccccc3O2)C1=O. The number of hydrogen-bond acceptors (Lipinski definition) is 5. The zero-order valence-corrected chi connectivity index (χ0v) is 17.3. The second-order valence-corrected chi connectivity index (χ2v) is 7.64. The number of hydrogen-bond donors (Lipinski definition) is 2. The molecule has 0 aromatic heterocycles. The van der Waals surface area contributed by atoms with Crippen LogP contribution in [-0.4, -0.2) is 48.5 Å². The van der Waals surface area contributed by atoms with E-state index in [0.29, 0.717) is 36.5 Å². The van der Waals surface area contributed by atoms with Gasteiger partial charge in [-0.15, -0.1) is 0 Å². The highest BCUT2D eigenvalue weighted by atomic mass is 16.6. The van der Waals surface area contributed by atoms with Gasteiger partial charge >= 0.3 is 6.03 Å². The van der Waals surface area contributed by atoms with Crippen molar-refractivity contribution in [2.24, 2.45) is 0 Å². The van der Waals surface area contributed by atoms with Crippen molar-refractivity contribution in [3.8, 4) is 11.5 Å². The van der Waals surface area contributed by atoms with Crippen LogP contribution in [0.1, 0.15) is 25.3 Å². The van der Waals surface area contributed by atoms with E-state index in [1.165, 1.54) is 0 Å². The molecular weight excluding hydrogens is 398 g/mol. The predicted octanol–water partition coefficient (Wildman–Crippen LogP) is 2.19. The van der Waals surface area contributed by atoms with Gasteiger partial charge in [0, 0.05) is 0 Å². The van der Waals surface area contributed by atoms with Gasteiger partial charge in [-0.2, -0.15) is 0 Å². The molecule has 0 bridgehead atoms. The first-order valence-corrected chi connectivity index (χ1v) is 10.4. The minimum atomic E-state index is -1.14. The quantitative estimate of drug-likeness (QED) is 0.666. The van der Waals surface area contributed by atoms with Gasteiger partial charge in [-0.1, -0.05) is 55.8 Å². The zero-order valence-electron chi connectivity index (χ0n) is 17.3. The molecule has 0 saturated carbocycles. The topological polar surface area (TPSA) is 97.0 Å². The second kappa shape index (κ2) is 8.67. The van der Waals surface area contributed by atoms with Gasteiger partial charge in [0.25, 0.3) is 5.91 Å². The Morgan fingerprint density at radius 2 is 1.84 bits per heavy atom. The zero-order chi connectivity index (χ0) is 21.8. The number of amides is 4. The second-order valence-electron chi connectivity index (χ2n) is 7.64. The molecule has 4 amide bonds. The molecule has 0 unspecified atom stereocenters. The highest BCUT2D eigenvalue weighted by Gasteiger charge is 2.52. The van der Waals surface area contributed by atoms with Crippen LogP contribution in [0.3, 0.4) is 0 Å². The van der Waals surface area contributed by atoms with E-state index in [1.54, 1.807) is 6.07 Å². The van der Waals surface area contributed by atoms with Gasteiger partial charge in [-0.05, 0) is 24.1 Å². The molecule has 2 aliphatic rings. The van der Waals surface area contributed by atoms with Crippen LogP contribution in [0.5, 0.6) is 11.5 Å². The van der Waals surface area contributed by atoms with Crippen LogP contribution in [0.25, 0.3) is 0 Å². The van der Waals surface area contributed by atoms with Gasteiger partial charge in [0.15, 0.2) is 11.5 Å². The fraction of sp³-hybridized carbons (Fsp3) is 0.348. The number of ether oxygens (including phenoxy) is 2. The summed E-state index contributed by atoms with van der Waals surface area (Å²) in [5, 5.41) is 5.55. The Bertz CT molecular complexity index is 980. The Balaban J connectivity index is 1.38. The Hall–Kier alpha value is -3.55. The van der Waals surface area contributed by atoms with E-state index in [2.05, 4.69) is 10.6 Å². The summed E-state index contributed by atoms with van der Waals surface area (Å²) in [6.07, 6.45) is 0.791. The van der Waals surface area contributed by atoms with Crippen LogP contribution in [0, 0.1) is 0 Å². The lowest BCUT2D eigenvalue weighted by atomic mass is 9.85. The number of fused-ring (bicyclic) bond motifs is 1. The number of imide groups is 1. The first kappa shape index (κ1) is 20.7. The molecule has 2 aromatic carbocycles. The molecule has 2 aromatic rings. The van der Waals surface area contributed by atoms with Gasteiger partial charge in [-0.3, -0.25) is 14.5 Å². The van der Waals surface area contributed by atoms with Crippen molar-refractivity contribution in [2.45, 2.75) is 31.4 Å². The number of urea groups is 1. The van der Waals surface area contributed by atoms with Crippen molar-refractivity contribution in [3.05, 3.63) is 60.2 Å². The molecule has 2 atom stereocenters. The summed E-state index contributed by atoms with van der Waals surface area (Å²) in [6.45, 7) is 2.10. The summed E-state index contributed by atoms with van der Waals surface area (Å²) < 4.78 is 11.5. The van der Waals surface area contributed by atoms with E-state index in [0.717, 1.165) is 4.90 Å². The van der Waals surface area contributed by atoms with Crippen molar-refractivity contribution in [1.82, 2.24) is 15.5 Å². The molecule has 1 saturated heterocycles. The number of nitrogens with zero attached hydrogens (tertiary/aromatic N) is 1. The minimum Gasteiger partial charge on any atom is -0.486 e. The molecule has 8 heteroatoms. The van der Waals surface area contributed by atoms with E-state index < -0.39 is 23.4 Å². The van der Waals surface area contributed by atoms with E-state index in [1.807, 2.05) is 55.5 Å². The van der Waals surface area contributed by atoms with E-state index in [-0.39, 0.29) is 19.2 Å². The van der Waals surface area contributed by atoms with Crippen LogP contribution in [-0.2, 0) is 15.1 Å². The van der Waals surface area contributed by atoms with Crippen molar-refractivity contribution >= 4 is 17.8 Å². The molecule has 0 radical (unpaired) electrons. The number of carbonyl (C=O) groups excluding carboxylic acids is 3. The van der Waals surface area contributed by atoms with E-state index in [4.69, 9.17) is 9.47 Å². The third kappa shape index (κ3) is 4.05. The molecule has 2 N–H and O–H groups in total. The monoisotopic (exact) mass is 423 g/mol. The Labute approximate surface area is 180 Å². The maximum atomic E-state index is 13.2. The fourth-order valence-corrected chi connectivity index (χ4v) is 3.97. The van der Waals surface area contributed by atoms with Crippen molar-refractivity contribution in [3.63, 3.8) is 0 Å². The predicted molar refractivity (Wildman–Crippen MR) is 113 cm³/mol. The summed E-state index contributed by atoms with van der Waals surface area (Å²) in [6, 6.07) is 15.9. The number of benzene rings is 2. The first-order valence-electron chi connectivity index (χ1n) is 10.4. The summed E-state index contributed by atoms with van der Waals surface area (Å²) in [7, 11) is 0. The largest absolute Gasteiger partial charge is 0.486 e. The summed E-state index contributed by atoms with van der Waals surface area (Å²) in [5.74, 6) is 0.435. The lowest BCUT2D eigenvalue weighted by Gasteiger charge is -2.27. The lowest BCUT2D eigenvalue weighted by Crippen LogP contribution is -2.47. The number of nitrogens with one attached hydrogen (secondary N) is 2. The Kier molecular flexibility index (Phi) is 5.79. The van der Waals surface area contributed by atoms with Crippen LogP contribution in [0.4, 0.5) is 4.79 Å². The molecular formula is C23H25N3O5. The molecule has 31 heavy (non-hydrogen) atoms. The summed E-state index contributed by atoms with van der Waals surface area (Å²) >= 11 is 0. The van der Waals surface area contributed by atoms with Crippen LogP contribution >= 0.6 is 0 Å². The Morgan fingerprint density at radius 1 is 1.13 bits per heavy atom. The summed E-state index contributed by atoms with van der Waals surface area (Å²) in [5.41, 5.74) is -0.429. The number of carbonyl (C=O) groups is 3. The van der Waals surface area contributed by atoms with Gasteiger partial charge < -0.3 is 20.1 Å². The third-order valence-corrected chi connectivity index (χ3v) is 5.46. The highest BCUT2D eigenvalue weighted by molar-refractivity contribution is 6.09. The van der Waals surface area contributed by atoms with Crippen molar-refractivity contribution < 1.29 is 23.9 Å². The lowest BCUT2D eigenvalue weighted by molar-refractivity contribution is -0.135. The fourth-order valence-electron chi connectivity index (χ4n) is 3.97. The van der Waals surface area contributed by atoms with Gasteiger partial charge in [0.1, 0.15) is 24.8 Å². The highest BCUT2D eigenvalue weighted by Crippen LogP contribution is 2.33. The smallest absolute Gasteiger partial charge is 0.325 e. The maximum absolute atomic E-state index is 13.2. The van der Waals surface area contributed by atoms with Gasteiger partial charge in [-0.25, -0.2) is 4.79 Å². The molecule has 0 spiro atoms. The molecule has 2 heterocycles. The average Bonchev–Trinajstić information content (AvgIpc) is 3.03.